The highest BCUT2D eigenvalue weighted by molar-refractivity contribution is 7.99. The summed E-state index contributed by atoms with van der Waals surface area (Å²) in [4.78, 5) is 15.1. The molecule has 1 aromatic heterocycles. The maximum Gasteiger partial charge on any atom is 0.321 e. The summed E-state index contributed by atoms with van der Waals surface area (Å²) in [7, 11) is 0. The maximum atomic E-state index is 10.9. The van der Waals surface area contributed by atoms with Crippen molar-refractivity contribution < 1.29 is 14.4 Å². The number of hydrogen-bond donors (Lipinski definition) is 2. The number of nitrogens with zero attached hydrogens (tertiary/aromatic N) is 2. The van der Waals surface area contributed by atoms with E-state index in [0.29, 0.717) is 17.5 Å². The van der Waals surface area contributed by atoms with E-state index in [1.165, 1.54) is 11.8 Å². The van der Waals surface area contributed by atoms with E-state index in [1.54, 1.807) is 13.8 Å². The van der Waals surface area contributed by atoms with Gasteiger partial charge in [-0.2, -0.15) is 4.98 Å². The van der Waals surface area contributed by atoms with Gasteiger partial charge in [0.25, 0.3) is 0 Å². The van der Waals surface area contributed by atoms with Gasteiger partial charge in [-0.3, -0.25) is 4.79 Å². The molecule has 0 saturated heterocycles. The zero-order chi connectivity index (χ0) is 13.9. The van der Waals surface area contributed by atoms with E-state index in [2.05, 4.69) is 10.1 Å². The van der Waals surface area contributed by atoms with Crippen molar-refractivity contribution in [3.63, 3.8) is 0 Å². The Hall–Kier alpha value is -1.08. The van der Waals surface area contributed by atoms with Crippen molar-refractivity contribution in [1.82, 2.24) is 10.1 Å². The highest BCUT2D eigenvalue weighted by Crippen LogP contribution is 2.30. The quantitative estimate of drug-likeness (QED) is 0.811. The molecule has 18 heavy (non-hydrogen) atoms. The minimum absolute atomic E-state index is 0.210. The van der Waals surface area contributed by atoms with Crippen molar-refractivity contribution in [1.29, 1.82) is 0 Å². The van der Waals surface area contributed by atoms with Gasteiger partial charge in [-0.05, 0) is 13.8 Å². The molecule has 0 unspecified atom stereocenters. The molecule has 0 aliphatic rings. The fourth-order valence-electron chi connectivity index (χ4n) is 1.20. The molecule has 3 N–H and O–H groups in total. The second kappa shape index (κ2) is 5.71. The summed E-state index contributed by atoms with van der Waals surface area (Å²) in [5.41, 5.74) is 5.62. The molecule has 102 valence electrons. The largest absolute Gasteiger partial charge is 0.480 e. The molecule has 1 heterocycles. The van der Waals surface area contributed by atoms with Crippen molar-refractivity contribution in [3.05, 3.63) is 11.7 Å². The summed E-state index contributed by atoms with van der Waals surface area (Å²) in [6, 6.07) is -0.935. The second-order valence-corrected chi connectivity index (χ2v) is 6.54. The lowest BCUT2D eigenvalue weighted by atomic mass is 10.1. The lowest BCUT2D eigenvalue weighted by Gasteiger charge is -2.27. The molecule has 0 spiro atoms. The van der Waals surface area contributed by atoms with E-state index in [4.69, 9.17) is 15.4 Å². The Labute approximate surface area is 110 Å². The van der Waals surface area contributed by atoms with Gasteiger partial charge in [-0.25, -0.2) is 0 Å². The number of aliphatic carboxylic acids is 1. The maximum absolute atomic E-state index is 10.9. The second-order valence-electron chi connectivity index (χ2n) is 4.91. The topological polar surface area (TPSA) is 102 Å². The van der Waals surface area contributed by atoms with Crippen LogP contribution >= 0.6 is 11.8 Å². The third-order valence-electron chi connectivity index (χ3n) is 2.58. The molecule has 0 bridgehead atoms. The minimum atomic E-state index is -1.01. The standard InChI is InChI=1S/C11H19N3O3S/c1-6(2)9-13-7(17-14-9)5-18-11(3,4)8(12)10(15)16/h6,8H,5,12H2,1-4H3,(H,15,16)/t8-/m0/s1. The number of carbonyl (C=O) groups is 1. The fourth-order valence-corrected chi connectivity index (χ4v) is 2.09. The van der Waals surface area contributed by atoms with E-state index in [1.807, 2.05) is 13.8 Å². The zero-order valence-electron chi connectivity index (χ0n) is 11.0. The average Bonchev–Trinajstić information content (AvgIpc) is 2.74. The van der Waals surface area contributed by atoms with Gasteiger partial charge in [0.2, 0.25) is 5.89 Å². The Morgan fingerprint density at radius 3 is 2.61 bits per heavy atom. The van der Waals surface area contributed by atoms with Crippen LogP contribution in [0.4, 0.5) is 0 Å². The third-order valence-corrected chi connectivity index (χ3v) is 3.97. The highest BCUT2D eigenvalue weighted by atomic mass is 32.2. The van der Waals surface area contributed by atoms with Crippen LogP contribution in [0.3, 0.4) is 0 Å². The van der Waals surface area contributed by atoms with Crippen LogP contribution in [0.2, 0.25) is 0 Å². The van der Waals surface area contributed by atoms with E-state index in [-0.39, 0.29) is 5.92 Å². The van der Waals surface area contributed by atoms with Crippen LogP contribution in [0, 0.1) is 0 Å². The van der Waals surface area contributed by atoms with Gasteiger partial charge >= 0.3 is 5.97 Å². The van der Waals surface area contributed by atoms with Crippen LogP contribution in [-0.4, -0.2) is 32.0 Å². The van der Waals surface area contributed by atoms with Gasteiger partial charge in [0.1, 0.15) is 6.04 Å². The summed E-state index contributed by atoms with van der Waals surface area (Å²) in [6.45, 7) is 7.53. The number of carboxylic acid groups (broad SMARTS) is 1. The summed E-state index contributed by atoms with van der Waals surface area (Å²) >= 11 is 1.39. The predicted molar refractivity (Wildman–Crippen MR) is 69.4 cm³/mol. The number of carboxylic acids is 1. The molecule has 1 atom stereocenters. The Kier molecular flexibility index (Phi) is 4.75. The highest BCUT2D eigenvalue weighted by Gasteiger charge is 2.33. The average molecular weight is 273 g/mol. The Balaban J connectivity index is 2.61. The molecule has 0 radical (unpaired) electrons. The monoisotopic (exact) mass is 273 g/mol. The summed E-state index contributed by atoms with van der Waals surface area (Å²) < 4.78 is 4.49. The van der Waals surface area contributed by atoms with Crippen LogP contribution in [0.1, 0.15) is 45.3 Å². The van der Waals surface area contributed by atoms with Gasteiger partial charge in [-0.1, -0.05) is 19.0 Å². The molecule has 0 saturated carbocycles. The van der Waals surface area contributed by atoms with E-state index in [9.17, 15) is 4.79 Å². The van der Waals surface area contributed by atoms with Crippen LogP contribution in [0.25, 0.3) is 0 Å². The smallest absolute Gasteiger partial charge is 0.321 e. The van der Waals surface area contributed by atoms with E-state index >= 15 is 0 Å². The molecule has 0 aromatic carbocycles. The van der Waals surface area contributed by atoms with Crippen molar-refractivity contribution >= 4 is 17.7 Å². The molecule has 0 fully saturated rings. The molecular weight excluding hydrogens is 254 g/mol. The summed E-state index contributed by atoms with van der Waals surface area (Å²) in [5, 5.41) is 12.8. The van der Waals surface area contributed by atoms with Crippen LogP contribution in [-0.2, 0) is 10.5 Å². The Morgan fingerprint density at radius 2 is 2.17 bits per heavy atom. The Bertz CT molecular complexity index is 417. The number of rotatable bonds is 6. The fraction of sp³-hybridized carbons (Fsp3) is 0.727. The summed E-state index contributed by atoms with van der Waals surface area (Å²) in [5.74, 6) is 0.802. The molecule has 7 heteroatoms. The first kappa shape index (κ1) is 15.0. The lowest BCUT2D eigenvalue weighted by Crippen LogP contribution is -2.46. The van der Waals surface area contributed by atoms with Crippen LogP contribution in [0.15, 0.2) is 4.52 Å². The van der Waals surface area contributed by atoms with Crippen molar-refractivity contribution in [2.24, 2.45) is 5.73 Å². The summed E-state index contributed by atoms with van der Waals surface area (Å²) in [6.07, 6.45) is 0. The molecule has 0 aliphatic carbocycles. The first-order valence-corrected chi connectivity index (χ1v) is 6.67. The molecular formula is C11H19N3O3S. The first-order valence-electron chi connectivity index (χ1n) is 5.69. The minimum Gasteiger partial charge on any atom is -0.480 e. The van der Waals surface area contributed by atoms with Gasteiger partial charge in [-0.15, -0.1) is 11.8 Å². The normalized spacial score (nSPS) is 13.9. The van der Waals surface area contributed by atoms with Gasteiger partial charge < -0.3 is 15.4 Å². The number of thioether (sulfide) groups is 1. The molecule has 1 aromatic rings. The molecule has 6 nitrogen and oxygen atoms in total. The van der Waals surface area contributed by atoms with Gasteiger partial charge in [0.15, 0.2) is 5.82 Å². The van der Waals surface area contributed by atoms with Gasteiger partial charge in [0.05, 0.1) is 5.75 Å². The number of nitrogens with two attached hydrogens (primary N) is 1. The Morgan fingerprint density at radius 1 is 1.56 bits per heavy atom. The van der Waals surface area contributed by atoms with Crippen molar-refractivity contribution in [2.45, 2.75) is 50.2 Å². The van der Waals surface area contributed by atoms with Crippen molar-refractivity contribution in [2.75, 3.05) is 0 Å². The lowest BCUT2D eigenvalue weighted by molar-refractivity contribution is -0.139. The van der Waals surface area contributed by atoms with Gasteiger partial charge in [0, 0.05) is 10.7 Å². The van der Waals surface area contributed by atoms with Crippen LogP contribution < -0.4 is 5.73 Å². The SMILES string of the molecule is CC(C)c1noc(CSC(C)(C)[C@@H](N)C(=O)O)n1. The van der Waals surface area contributed by atoms with E-state index < -0.39 is 16.8 Å². The molecule has 0 amide bonds. The molecule has 0 aliphatic heterocycles. The predicted octanol–water partition coefficient (Wildman–Crippen LogP) is 1.62. The first-order chi connectivity index (χ1) is 8.24. The van der Waals surface area contributed by atoms with Crippen molar-refractivity contribution in [3.8, 4) is 0 Å². The number of aromatic nitrogens is 2. The molecule has 1 rings (SSSR count). The van der Waals surface area contributed by atoms with Crippen LogP contribution in [0.5, 0.6) is 0 Å². The number of hydrogen-bond acceptors (Lipinski definition) is 6. The van der Waals surface area contributed by atoms with E-state index in [0.717, 1.165) is 0 Å². The third kappa shape index (κ3) is 3.71. The zero-order valence-corrected chi connectivity index (χ0v) is 11.8.